The minimum absolute atomic E-state index is 0.0956. The summed E-state index contributed by atoms with van der Waals surface area (Å²) < 4.78 is 0. The molecule has 4 N–H and O–H groups in total. The first-order chi connectivity index (χ1) is 15.3. The molecule has 172 valence electrons. The van der Waals surface area contributed by atoms with Crippen LogP contribution in [0.4, 0.5) is 0 Å². The Morgan fingerprint density at radius 3 is 1.28 bits per heavy atom. The van der Waals surface area contributed by atoms with Crippen molar-refractivity contribution >= 4 is 17.3 Å². The maximum Gasteiger partial charge on any atom is 0.193 e. The van der Waals surface area contributed by atoms with E-state index < -0.39 is 36.0 Å². The van der Waals surface area contributed by atoms with Gasteiger partial charge in [0.1, 0.15) is 18.0 Å². The van der Waals surface area contributed by atoms with Crippen LogP contribution in [0.2, 0.25) is 0 Å². The molecule has 0 aliphatic carbocycles. The summed E-state index contributed by atoms with van der Waals surface area (Å²) in [5.74, 6) is -1.24. The maximum absolute atomic E-state index is 12.1. The number of Topliss-reactive ketones (excluding diaryl/α,β-unsaturated/α-hetero) is 3. The first kappa shape index (κ1) is 25.5. The average Bonchev–Trinajstić information content (AvgIpc) is 2.83. The number of benzene rings is 2. The molecule has 0 saturated carbocycles. The van der Waals surface area contributed by atoms with Crippen molar-refractivity contribution < 1.29 is 34.8 Å². The van der Waals surface area contributed by atoms with Gasteiger partial charge in [-0.05, 0) is 25.7 Å². The summed E-state index contributed by atoms with van der Waals surface area (Å²) in [6.07, 6.45) is -4.52. The van der Waals surface area contributed by atoms with Crippen molar-refractivity contribution in [1.29, 1.82) is 0 Å². The van der Waals surface area contributed by atoms with Gasteiger partial charge in [0.2, 0.25) is 0 Å². The van der Waals surface area contributed by atoms with E-state index in [1.54, 1.807) is 60.7 Å². The minimum atomic E-state index is -1.55. The lowest BCUT2D eigenvalue weighted by atomic mass is 9.96. The van der Waals surface area contributed by atoms with Crippen LogP contribution < -0.4 is 0 Å². The molecule has 0 unspecified atom stereocenters. The second kappa shape index (κ2) is 13.0. The Labute approximate surface area is 187 Å². The highest BCUT2D eigenvalue weighted by Crippen LogP contribution is 2.14. The van der Waals surface area contributed by atoms with Gasteiger partial charge in [0, 0.05) is 24.0 Å². The number of aliphatic hydroxyl groups is 4. The van der Waals surface area contributed by atoms with E-state index in [0.29, 0.717) is 24.0 Å². The molecule has 2 rings (SSSR count). The van der Waals surface area contributed by atoms with Crippen molar-refractivity contribution in [3.8, 4) is 0 Å². The molecule has 0 fully saturated rings. The van der Waals surface area contributed by atoms with Gasteiger partial charge < -0.3 is 20.4 Å². The molecule has 0 saturated heterocycles. The van der Waals surface area contributed by atoms with E-state index in [2.05, 4.69) is 0 Å². The quantitative estimate of drug-likeness (QED) is 0.329. The number of carbonyl (C=O) groups excluding carboxylic acids is 3. The molecule has 7 nitrogen and oxygen atoms in total. The summed E-state index contributed by atoms with van der Waals surface area (Å²) >= 11 is 0. The van der Waals surface area contributed by atoms with Gasteiger partial charge in [-0.25, -0.2) is 0 Å². The second-order valence-corrected chi connectivity index (χ2v) is 7.81. The lowest BCUT2D eigenvalue weighted by Crippen LogP contribution is -2.34. The van der Waals surface area contributed by atoms with Crippen LogP contribution in [-0.2, 0) is 4.79 Å². The Morgan fingerprint density at radius 1 is 0.594 bits per heavy atom. The summed E-state index contributed by atoms with van der Waals surface area (Å²) in [7, 11) is 0. The highest BCUT2D eigenvalue weighted by atomic mass is 16.3. The molecule has 0 aliphatic rings. The van der Waals surface area contributed by atoms with Gasteiger partial charge in [-0.3, -0.25) is 14.4 Å². The van der Waals surface area contributed by atoms with E-state index in [9.17, 15) is 34.8 Å². The number of aliphatic hydroxyl groups excluding tert-OH is 4. The summed E-state index contributed by atoms with van der Waals surface area (Å²) in [6.45, 7) is 0. The van der Waals surface area contributed by atoms with Gasteiger partial charge in [-0.2, -0.15) is 0 Å². The predicted octanol–water partition coefficient (Wildman–Crippen LogP) is 2.11. The van der Waals surface area contributed by atoms with Crippen molar-refractivity contribution in [1.82, 2.24) is 0 Å². The van der Waals surface area contributed by atoms with Crippen LogP contribution in [0.3, 0.4) is 0 Å². The van der Waals surface area contributed by atoms with E-state index in [0.717, 1.165) is 0 Å². The van der Waals surface area contributed by atoms with Gasteiger partial charge >= 0.3 is 0 Å². The topological polar surface area (TPSA) is 132 Å². The molecular formula is C25H30O7. The van der Waals surface area contributed by atoms with Crippen LogP contribution in [0.1, 0.15) is 59.2 Å². The van der Waals surface area contributed by atoms with Crippen molar-refractivity contribution in [3.05, 3.63) is 71.8 Å². The van der Waals surface area contributed by atoms with Crippen LogP contribution in [0.25, 0.3) is 0 Å². The van der Waals surface area contributed by atoms with E-state index in [1.807, 2.05) is 0 Å². The number of rotatable bonds is 14. The highest BCUT2D eigenvalue weighted by molar-refractivity contribution is 6.00. The van der Waals surface area contributed by atoms with Gasteiger partial charge in [0.25, 0.3) is 0 Å². The summed E-state index contributed by atoms with van der Waals surface area (Å²) in [4.78, 5) is 36.3. The first-order valence-corrected chi connectivity index (χ1v) is 10.7. The Balaban J connectivity index is 1.65. The Kier molecular flexibility index (Phi) is 10.4. The zero-order valence-electron chi connectivity index (χ0n) is 17.8. The normalized spacial score (nSPS) is 14.9. The SMILES string of the molecule is O=C(CCC[C@H](O)[C@@H](O)C(=O)c1ccccc1)CCC[C@H](O)[C@@H](O)C(=O)c1ccccc1. The maximum atomic E-state index is 12.1. The Hall–Kier alpha value is -2.71. The third-order valence-electron chi connectivity index (χ3n) is 5.29. The third kappa shape index (κ3) is 7.76. The lowest BCUT2D eigenvalue weighted by molar-refractivity contribution is -0.119. The number of ketones is 3. The van der Waals surface area contributed by atoms with Gasteiger partial charge in [0.15, 0.2) is 11.6 Å². The fraction of sp³-hybridized carbons (Fsp3) is 0.400. The Morgan fingerprint density at radius 2 is 0.938 bits per heavy atom. The highest BCUT2D eigenvalue weighted by Gasteiger charge is 2.26. The molecule has 7 heteroatoms. The predicted molar refractivity (Wildman–Crippen MR) is 118 cm³/mol. The minimum Gasteiger partial charge on any atom is -0.390 e. The van der Waals surface area contributed by atoms with Crippen LogP contribution in [0.15, 0.2) is 60.7 Å². The van der Waals surface area contributed by atoms with Crippen molar-refractivity contribution in [3.63, 3.8) is 0 Å². The van der Waals surface area contributed by atoms with Crippen molar-refractivity contribution in [2.45, 2.75) is 62.9 Å². The number of carbonyl (C=O) groups is 3. The molecule has 0 amide bonds. The van der Waals surface area contributed by atoms with Gasteiger partial charge in [-0.1, -0.05) is 60.7 Å². The number of hydrogen-bond donors (Lipinski definition) is 4. The summed E-state index contributed by atoms with van der Waals surface area (Å²) in [5, 5.41) is 40.1. The molecule has 0 spiro atoms. The average molecular weight is 443 g/mol. The second-order valence-electron chi connectivity index (χ2n) is 7.81. The molecule has 0 aromatic heterocycles. The fourth-order valence-electron chi connectivity index (χ4n) is 3.35. The molecule has 0 radical (unpaired) electrons. The van der Waals surface area contributed by atoms with E-state index in [1.165, 1.54) is 0 Å². The van der Waals surface area contributed by atoms with Crippen LogP contribution in [0.5, 0.6) is 0 Å². The smallest absolute Gasteiger partial charge is 0.193 e. The molecule has 4 atom stereocenters. The van der Waals surface area contributed by atoms with E-state index >= 15 is 0 Å². The Bertz CT molecular complexity index is 795. The van der Waals surface area contributed by atoms with E-state index in [-0.39, 0.29) is 31.5 Å². The van der Waals surface area contributed by atoms with Crippen LogP contribution >= 0.6 is 0 Å². The molecular weight excluding hydrogens is 412 g/mol. The summed E-state index contributed by atoms with van der Waals surface area (Å²) in [5.41, 5.74) is 0.614. The lowest BCUT2D eigenvalue weighted by Gasteiger charge is -2.17. The van der Waals surface area contributed by atoms with E-state index in [4.69, 9.17) is 0 Å². The molecule has 2 aromatic carbocycles. The van der Waals surface area contributed by atoms with Crippen LogP contribution in [-0.4, -0.2) is 62.2 Å². The van der Waals surface area contributed by atoms with Gasteiger partial charge in [-0.15, -0.1) is 0 Å². The first-order valence-electron chi connectivity index (χ1n) is 10.7. The molecule has 32 heavy (non-hydrogen) atoms. The third-order valence-corrected chi connectivity index (χ3v) is 5.29. The molecule has 2 aromatic rings. The van der Waals surface area contributed by atoms with Crippen LogP contribution in [0, 0.1) is 0 Å². The molecule has 0 bridgehead atoms. The molecule has 0 heterocycles. The number of hydrogen-bond acceptors (Lipinski definition) is 7. The fourth-order valence-corrected chi connectivity index (χ4v) is 3.35. The largest absolute Gasteiger partial charge is 0.390 e. The zero-order valence-corrected chi connectivity index (χ0v) is 17.8. The van der Waals surface area contributed by atoms with Gasteiger partial charge in [0.05, 0.1) is 12.2 Å². The molecule has 0 aliphatic heterocycles. The monoisotopic (exact) mass is 442 g/mol. The van der Waals surface area contributed by atoms with Crippen molar-refractivity contribution in [2.24, 2.45) is 0 Å². The zero-order chi connectivity index (χ0) is 23.5. The standard InChI is InChI=1S/C25H30O7/c26-19(13-7-15-20(27)24(31)22(29)17-9-3-1-4-10-17)14-8-16-21(28)25(32)23(30)18-11-5-2-6-12-18/h1-6,9-12,20-21,24-25,27-28,31-32H,7-8,13-16H2/t20-,21-,24+,25+/m0/s1. The summed E-state index contributed by atoms with van der Waals surface area (Å²) in [6, 6.07) is 16.4. The van der Waals surface area contributed by atoms with Crippen molar-refractivity contribution in [2.75, 3.05) is 0 Å².